The van der Waals surface area contributed by atoms with E-state index in [1.807, 2.05) is 56.3 Å². The molecule has 0 fully saturated rings. The zero-order valence-electron chi connectivity index (χ0n) is 17.4. The first-order chi connectivity index (χ1) is 15.4. The molecular formula is C25H18Cl2N2O2S. The molecule has 5 aromatic rings. The Hall–Kier alpha value is -2.86. The van der Waals surface area contributed by atoms with Crippen molar-refractivity contribution in [2.75, 3.05) is 0 Å². The molecule has 160 valence electrons. The Balaban J connectivity index is 1.48. The number of thiazole rings is 1. The van der Waals surface area contributed by atoms with Crippen molar-refractivity contribution in [2.24, 2.45) is 0 Å². The summed E-state index contributed by atoms with van der Waals surface area (Å²) in [6.07, 6.45) is 1.88. The largest absolute Gasteiger partial charge is 0.489 e. The van der Waals surface area contributed by atoms with Crippen molar-refractivity contribution < 1.29 is 4.74 Å². The van der Waals surface area contributed by atoms with Gasteiger partial charge in [0.25, 0.3) is 5.56 Å². The highest BCUT2D eigenvalue weighted by molar-refractivity contribution is 7.15. The van der Waals surface area contributed by atoms with E-state index in [9.17, 15) is 4.79 Å². The lowest BCUT2D eigenvalue weighted by atomic mass is 10.1. The number of hydrogen-bond acceptors (Lipinski definition) is 4. The van der Waals surface area contributed by atoms with Crippen molar-refractivity contribution in [3.05, 3.63) is 102 Å². The molecule has 3 aromatic carbocycles. The third-order valence-electron chi connectivity index (χ3n) is 5.22. The van der Waals surface area contributed by atoms with E-state index in [2.05, 4.69) is 11.1 Å². The van der Waals surface area contributed by atoms with Crippen LogP contribution in [0.15, 0.2) is 59.4 Å². The van der Waals surface area contributed by atoms with Gasteiger partial charge in [-0.05, 0) is 72.5 Å². The van der Waals surface area contributed by atoms with Crippen LogP contribution >= 0.6 is 34.5 Å². The average molecular weight is 481 g/mol. The Morgan fingerprint density at radius 2 is 1.91 bits per heavy atom. The van der Waals surface area contributed by atoms with E-state index in [0.29, 0.717) is 31.9 Å². The maximum Gasteiger partial charge on any atom is 0.274 e. The number of nitrogens with zero attached hydrogens (tertiary/aromatic N) is 2. The molecule has 0 saturated heterocycles. The van der Waals surface area contributed by atoms with Crippen molar-refractivity contribution in [1.29, 1.82) is 0 Å². The predicted octanol–water partition coefficient (Wildman–Crippen LogP) is 5.96. The van der Waals surface area contributed by atoms with Gasteiger partial charge in [-0.1, -0.05) is 58.8 Å². The summed E-state index contributed by atoms with van der Waals surface area (Å²) in [4.78, 5) is 18.5. The van der Waals surface area contributed by atoms with Crippen LogP contribution in [0.1, 0.15) is 22.3 Å². The summed E-state index contributed by atoms with van der Waals surface area (Å²) in [5, 5.41) is 1.01. The van der Waals surface area contributed by atoms with E-state index in [-0.39, 0.29) is 5.56 Å². The van der Waals surface area contributed by atoms with Gasteiger partial charge in [0.15, 0.2) is 4.96 Å². The van der Waals surface area contributed by atoms with E-state index >= 15 is 0 Å². The summed E-state index contributed by atoms with van der Waals surface area (Å²) < 4.78 is 8.25. The molecule has 0 atom stereocenters. The fourth-order valence-electron chi connectivity index (χ4n) is 3.75. The van der Waals surface area contributed by atoms with Crippen molar-refractivity contribution in [2.45, 2.75) is 20.5 Å². The van der Waals surface area contributed by atoms with Gasteiger partial charge >= 0.3 is 0 Å². The molecule has 2 heterocycles. The molecule has 7 heteroatoms. The monoisotopic (exact) mass is 480 g/mol. The summed E-state index contributed by atoms with van der Waals surface area (Å²) in [6, 6.07) is 17.2. The third-order valence-corrected chi connectivity index (χ3v) is 6.93. The van der Waals surface area contributed by atoms with Gasteiger partial charge in [0.2, 0.25) is 0 Å². The second-order valence-electron chi connectivity index (χ2n) is 7.70. The van der Waals surface area contributed by atoms with Crippen LogP contribution in [-0.2, 0) is 6.61 Å². The van der Waals surface area contributed by atoms with Crippen LogP contribution in [0, 0.1) is 13.8 Å². The van der Waals surface area contributed by atoms with Gasteiger partial charge in [-0.2, -0.15) is 0 Å². The highest BCUT2D eigenvalue weighted by Gasteiger charge is 2.13. The molecule has 0 bridgehead atoms. The number of ether oxygens (including phenoxy) is 1. The maximum atomic E-state index is 13.1. The average Bonchev–Trinajstić information content (AvgIpc) is 3.26. The molecule has 0 unspecified atom stereocenters. The molecule has 0 radical (unpaired) electrons. The molecular weight excluding hydrogens is 463 g/mol. The van der Waals surface area contributed by atoms with E-state index in [1.165, 1.54) is 11.3 Å². The lowest BCUT2D eigenvalue weighted by molar-refractivity contribution is 0.306. The van der Waals surface area contributed by atoms with Crippen LogP contribution in [-0.4, -0.2) is 9.38 Å². The number of fused-ring (bicyclic) bond motifs is 3. The smallest absolute Gasteiger partial charge is 0.274 e. The molecule has 0 aliphatic heterocycles. The van der Waals surface area contributed by atoms with Gasteiger partial charge < -0.3 is 4.74 Å². The first-order valence-corrected chi connectivity index (χ1v) is 11.6. The number of imidazole rings is 1. The first kappa shape index (κ1) is 21.0. The summed E-state index contributed by atoms with van der Waals surface area (Å²) in [6.45, 7) is 4.41. The molecule has 0 aliphatic rings. The summed E-state index contributed by atoms with van der Waals surface area (Å²) in [5.74, 6) is 0.704. The fourth-order valence-corrected chi connectivity index (χ4v) is 5.05. The minimum Gasteiger partial charge on any atom is -0.489 e. The van der Waals surface area contributed by atoms with Gasteiger partial charge in [0, 0.05) is 0 Å². The van der Waals surface area contributed by atoms with Crippen LogP contribution in [0.25, 0.3) is 22.1 Å². The van der Waals surface area contributed by atoms with Gasteiger partial charge in [-0.15, -0.1) is 0 Å². The highest BCUT2D eigenvalue weighted by Crippen LogP contribution is 2.24. The van der Waals surface area contributed by atoms with Gasteiger partial charge in [-0.3, -0.25) is 4.79 Å². The second kappa shape index (κ2) is 8.24. The number of aryl methyl sites for hydroxylation is 2. The van der Waals surface area contributed by atoms with Gasteiger partial charge in [0.1, 0.15) is 12.4 Å². The van der Waals surface area contributed by atoms with E-state index in [1.54, 1.807) is 16.5 Å². The molecule has 0 aliphatic carbocycles. The Labute approximate surface area is 198 Å². The zero-order chi connectivity index (χ0) is 22.4. The number of aromatic nitrogens is 2. The number of hydrogen-bond donors (Lipinski definition) is 0. The minimum absolute atomic E-state index is 0.0559. The normalized spacial score (nSPS) is 12.2. The van der Waals surface area contributed by atoms with Crippen molar-refractivity contribution in [3.63, 3.8) is 0 Å². The summed E-state index contributed by atoms with van der Waals surface area (Å²) >= 11 is 13.4. The Morgan fingerprint density at radius 1 is 1.06 bits per heavy atom. The quantitative estimate of drug-likeness (QED) is 0.318. The number of benzene rings is 3. The topological polar surface area (TPSA) is 43.6 Å². The summed E-state index contributed by atoms with van der Waals surface area (Å²) in [5.41, 5.74) is 5.68. The van der Waals surface area contributed by atoms with E-state index in [4.69, 9.17) is 27.9 Å². The lowest BCUT2D eigenvalue weighted by Gasteiger charge is -2.08. The minimum atomic E-state index is -0.0559. The highest BCUT2D eigenvalue weighted by atomic mass is 35.5. The first-order valence-electron chi connectivity index (χ1n) is 10.00. The standard InChI is InChI=1S/C25H18Cl2N2O2S/c1-14-8-15(2)23-21(9-14)29-24(30)22(32-25(29)28-23)12-16-4-3-5-18(10-16)31-13-17-6-7-19(26)20(27)11-17/h3-12H,13H2,1-2H3/b22-12+. The zero-order valence-corrected chi connectivity index (χ0v) is 19.7. The maximum absolute atomic E-state index is 13.1. The Bertz CT molecular complexity index is 1600. The molecule has 2 aromatic heterocycles. The Morgan fingerprint density at radius 3 is 2.72 bits per heavy atom. The van der Waals surface area contributed by atoms with Crippen LogP contribution in [0.3, 0.4) is 0 Å². The fraction of sp³-hybridized carbons (Fsp3) is 0.120. The number of halogens is 2. The lowest BCUT2D eigenvalue weighted by Crippen LogP contribution is -2.22. The van der Waals surface area contributed by atoms with Crippen LogP contribution in [0.2, 0.25) is 10.0 Å². The predicted molar refractivity (Wildman–Crippen MR) is 132 cm³/mol. The van der Waals surface area contributed by atoms with Crippen LogP contribution in [0.4, 0.5) is 0 Å². The molecule has 32 heavy (non-hydrogen) atoms. The van der Waals surface area contributed by atoms with Crippen molar-refractivity contribution in [3.8, 4) is 5.75 Å². The SMILES string of the molecule is Cc1cc(C)c2nc3s/c(=C/c4cccc(OCc5ccc(Cl)c(Cl)c5)c4)c(=O)n3c2c1. The van der Waals surface area contributed by atoms with Crippen molar-refractivity contribution in [1.82, 2.24) is 9.38 Å². The molecule has 4 nitrogen and oxygen atoms in total. The van der Waals surface area contributed by atoms with E-state index < -0.39 is 0 Å². The van der Waals surface area contributed by atoms with Crippen molar-refractivity contribution >= 4 is 56.6 Å². The van der Waals surface area contributed by atoms with E-state index in [0.717, 1.165) is 33.3 Å². The second-order valence-corrected chi connectivity index (χ2v) is 9.53. The van der Waals surface area contributed by atoms with Crippen LogP contribution in [0.5, 0.6) is 5.75 Å². The third kappa shape index (κ3) is 3.88. The summed E-state index contributed by atoms with van der Waals surface area (Å²) in [7, 11) is 0. The van der Waals surface area contributed by atoms with Crippen LogP contribution < -0.4 is 14.8 Å². The number of rotatable bonds is 4. The van der Waals surface area contributed by atoms with Gasteiger partial charge in [-0.25, -0.2) is 9.38 Å². The molecule has 0 saturated carbocycles. The molecule has 0 amide bonds. The molecule has 0 N–H and O–H groups in total. The molecule has 5 rings (SSSR count). The Kier molecular flexibility index (Phi) is 5.41. The van der Waals surface area contributed by atoms with Gasteiger partial charge in [0.05, 0.1) is 25.6 Å². The molecule has 0 spiro atoms.